The average Bonchev–Trinajstić information content (AvgIpc) is 2.46. The molecule has 1 aromatic carbocycles. The molecule has 0 heterocycles. The quantitative estimate of drug-likeness (QED) is 0.375. The predicted molar refractivity (Wildman–Crippen MR) is 92.3 cm³/mol. The van der Waals surface area contributed by atoms with Crippen LogP contribution in [0.3, 0.4) is 0 Å². The van der Waals surface area contributed by atoms with Crippen LogP contribution in [0.15, 0.2) is 24.3 Å². The van der Waals surface area contributed by atoms with E-state index < -0.39 is 22.0 Å². The van der Waals surface area contributed by atoms with Crippen LogP contribution in [0, 0.1) is 28.4 Å². The topological polar surface area (TPSA) is 81.5 Å². The molecule has 1 aromatic rings. The molecule has 0 spiro atoms. The van der Waals surface area contributed by atoms with Gasteiger partial charge in [-0.15, -0.1) is 6.42 Å². The van der Waals surface area contributed by atoms with Crippen LogP contribution in [0.25, 0.3) is 0 Å². The predicted octanol–water partition coefficient (Wildman–Crippen LogP) is 3.01. The number of benzene rings is 1. The van der Waals surface area contributed by atoms with E-state index in [1.165, 1.54) is 12.1 Å². The molecule has 6 heteroatoms. The zero-order valence-electron chi connectivity index (χ0n) is 14.8. The van der Waals surface area contributed by atoms with Gasteiger partial charge in [-0.05, 0) is 44.4 Å². The fourth-order valence-electron chi connectivity index (χ4n) is 2.46. The van der Waals surface area contributed by atoms with Crippen LogP contribution in [0.5, 0.6) is 0 Å². The van der Waals surface area contributed by atoms with Gasteiger partial charge in [-0.3, -0.25) is 15.4 Å². The molecular weight excluding hydrogens is 308 g/mol. The molecule has 0 saturated carbocycles. The Morgan fingerprint density at radius 2 is 1.88 bits per heavy atom. The summed E-state index contributed by atoms with van der Waals surface area (Å²) in [5.74, 6) is 1.81. The first-order chi connectivity index (χ1) is 11.0. The van der Waals surface area contributed by atoms with E-state index in [-0.39, 0.29) is 18.2 Å². The summed E-state index contributed by atoms with van der Waals surface area (Å²) < 4.78 is 5.59. The minimum Gasteiger partial charge on any atom is -0.458 e. The lowest BCUT2D eigenvalue weighted by Crippen LogP contribution is -2.55. The molecule has 0 fully saturated rings. The number of nitro benzene ring substituents is 1. The molecule has 0 saturated heterocycles. The number of non-ortho nitro benzene ring substituents is 1. The minimum absolute atomic E-state index is 0.0439. The molecule has 6 nitrogen and oxygen atoms in total. The van der Waals surface area contributed by atoms with E-state index in [2.05, 4.69) is 11.2 Å². The van der Waals surface area contributed by atoms with Gasteiger partial charge in [-0.2, -0.15) is 0 Å². The third-order valence-electron chi connectivity index (χ3n) is 3.59. The summed E-state index contributed by atoms with van der Waals surface area (Å²) in [6, 6.07) is 5.86. The fraction of sp³-hybridized carbons (Fsp3) is 0.500. The molecule has 0 unspecified atom stereocenters. The average molecular weight is 332 g/mol. The van der Waals surface area contributed by atoms with E-state index in [1.807, 2.05) is 13.8 Å². The second kappa shape index (κ2) is 7.45. The summed E-state index contributed by atoms with van der Waals surface area (Å²) >= 11 is 0. The van der Waals surface area contributed by atoms with E-state index in [1.54, 1.807) is 32.9 Å². The standard InChI is InChI=1S/C18H24N2O4/c1-7-12-19-18(13(2)3,16(21)24-17(4,5)6)14-8-10-15(11-9-14)20(22)23/h1,8-11,13,19H,12H2,2-6H3/t18-/m1/s1. The van der Waals surface area contributed by atoms with Crippen molar-refractivity contribution in [3.8, 4) is 12.3 Å². The van der Waals surface area contributed by atoms with Gasteiger partial charge in [0.2, 0.25) is 0 Å². The number of nitro groups is 1. The van der Waals surface area contributed by atoms with Crippen molar-refractivity contribution in [2.45, 2.75) is 45.8 Å². The Labute approximate surface area is 142 Å². The van der Waals surface area contributed by atoms with Crippen LogP contribution in [-0.2, 0) is 15.1 Å². The van der Waals surface area contributed by atoms with Crippen LogP contribution in [0.1, 0.15) is 40.2 Å². The number of carbonyl (C=O) groups is 1. The molecule has 1 rings (SSSR count). The highest BCUT2D eigenvalue weighted by molar-refractivity contribution is 5.83. The first kappa shape index (κ1) is 19.7. The van der Waals surface area contributed by atoms with Crippen LogP contribution in [0.4, 0.5) is 5.69 Å². The van der Waals surface area contributed by atoms with Gasteiger partial charge >= 0.3 is 5.97 Å². The molecular formula is C18H24N2O4. The van der Waals surface area contributed by atoms with Crippen LogP contribution in [-0.4, -0.2) is 23.0 Å². The zero-order chi connectivity index (χ0) is 18.5. The van der Waals surface area contributed by atoms with Crippen LogP contribution in [0.2, 0.25) is 0 Å². The lowest BCUT2D eigenvalue weighted by atomic mass is 9.79. The summed E-state index contributed by atoms with van der Waals surface area (Å²) in [7, 11) is 0. The third-order valence-corrected chi connectivity index (χ3v) is 3.59. The maximum Gasteiger partial charge on any atom is 0.331 e. The van der Waals surface area contributed by atoms with Gasteiger partial charge in [0.1, 0.15) is 11.1 Å². The first-order valence-electron chi connectivity index (χ1n) is 7.71. The van der Waals surface area contributed by atoms with Crippen molar-refractivity contribution >= 4 is 11.7 Å². The molecule has 1 atom stereocenters. The third kappa shape index (κ3) is 4.33. The maximum atomic E-state index is 13.0. The highest BCUT2D eigenvalue weighted by atomic mass is 16.6. The second-order valence-electron chi connectivity index (χ2n) is 6.83. The number of hydrogen-bond acceptors (Lipinski definition) is 5. The second-order valence-corrected chi connectivity index (χ2v) is 6.83. The molecule has 0 aliphatic heterocycles. The van der Waals surface area contributed by atoms with Crippen molar-refractivity contribution < 1.29 is 14.5 Å². The monoisotopic (exact) mass is 332 g/mol. The van der Waals surface area contributed by atoms with E-state index in [0.29, 0.717) is 5.56 Å². The first-order valence-corrected chi connectivity index (χ1v) is 7.71. The summed E-state index contributed by atoms with van der Waals surface area (Å²) in [6.07, 6.45) is 5.35. The molecule has 1 N–H and O–H groups in total. The Bertz CT molecular complexity index is 638. The van der Waals surface area contributed by atoms with E-state index in [9.17, 15) is 14.9 Å². The number of rotatable bonds is 6. The molecule has 0 aromatic heterocycles. The van der Waals surface area contributed by atoms with Crippen molar-refractivity contribution in [1.82, 2.24) is 5.32 Å². The molecule has 0 radical (unpaired) electrons. The van der Waals surface area contributed by atoms with Crippen molar-refractivity contribution in [3.63, 3.8) is 0 Å². The number of nitrogens with zero attached hydrogens (tertiary/aromatic N) is 1. The number of ether oxygens (including phenoxy) is 1. The summed E-state index contributed by atoms with van der Waals surface area (Å²) in [6.45, 7) is 9.26. The lowest BCUT2D eigenvalue weighted by molar-refractivity contribution is -0.384. The van der Waals surface area contributed by atoms with Gasteiger partial charge in [0.25, 0.3) is 5.69 Å². The number of esters is 1. The largest absolute Gasteiger partial charge is 0.458 e. The molecule has 130 valence electrons. The van der Waals surface area contributed by atoms with Crippen molar-refractivity contribution in [2.75, 3.05) is 6.54 Å². The smallest absolute Gasteiger partial charge is 0.331 e. The molecule has 0 aliphatic rings. The van der Waals surface area contributed by atoms with Gasteiger partial charge in [0.05, 0.1) is 11.5 Å². The summed E-state index contributed by atoms with van der Waals surface area (Å²) in [5, 5.41) is 14.0. The Morgan fingerprint density at radius 1 is 1.33 bits per heavy atom. The zero-order valence-corrected chi connectivity index (χ0v) is 14.8. The van der Waals surface area contributed by atoms with E-state index >= 15 is 0 Å². The lowest BCUT2D eigenvalue weighted by Gasteiger charge is -2.38. The van der Waals surface area contributed by atoms with Crippen molar-refractivity contribution in [1.29, 1.82) is 0 Å². The maximum absolute atomic E-state index is 13.0. The minimum atomic E-state index is -1.19. The number of terminal acetylenes is 1. The van der Waals surface area contributed by atoms with Gasteiger partial charge < -0.3 is 4.74 Å². The number of nitrogens with one attached hydrogen (secondary N) is 1. The highest BCUT2D eigenvalue weighted by Gasteiger charge is 2.45. The SMILES string of the molecule is C#CCN[C@@](C(=O)OC(C)(C)C)(c1ccc([N+](=O)[O-])cc1)C(C)C. The summed E-state index contributed by atoms with van der Waals surface area (Å²) in [5.41, 5.74) is -1.32. The van der Waals surface area contributed by atoms with Crippen LogP contribution >= 0.6 is 0 Å². The fourth-order valence-corrected chi connectivity index (χ4v) is 2.46. The highest BCUT2D eigenvalue weighted by Crippen LogP contribution is 2.33. The molecule has 0 bridgehead atoms. The van der Waals surface area contributed by atoms with Crippen molar-refractivity contribution in [3.05, 3.63) is 39.9 Å². The van der Waals surface area contributed by atoms with Gasteiger partial charge in [0, 0.05) is 12.1 Å². The van der Waals surface area contributed by atoms with E-state index in [0.717, 1.165) is 0 Å². The van der Waals surface area contributed by atoms with Crippen molar-refractivity contribution in [2.24, 2.45) is 5.92 Å². The Morgan fingerprint density at radius 3 is 2.25 bits per heavy atom. The van der Waals surface area contributed by atoms with E-state index in [4.69, 9.17) is 11.2 Å². The number of carbonyl (C=O) groups excluding carboxylic acids is 1. The molecule has 0 aliphatic carbocycles. The van der Waals surface area contributed by atoms with Gasteiger partial charge in [-0.1, -0.05) is 19.8 Å². The summed E-state index contributed by atoms with van der Waals surface area (Å²) in [4.78, 5) is 23.3. The Balaban J connectivity index is 3.42. The van der Waals surface area contributed by atoms with Gasteiger partial charge in [-0.25, -0.2) is 4.79 Å². The van der Waals surface area contributed by atoms with Gasteiger partial charge in [0.15, 0.2) is 0 Å². The molecule has 0 amide bonds. The van der Waals surface area contributed by atoms with Crippen LogP contribution < -0.4 is 5.32 Å². The molecule has 24 heavy (non-hydrogen) atoms. The number of hydrogen-bond donors (Lipinski definition) is 1. The Hall–Kier alpha value is -2.39. The normalized spacial score (nSPS) is 13.9. The Kier molecular flexibility index (Phi) is 6.10.